The first kappa shape index (κ1) is 19.3. The number of carbonyl (C=O) groups excluding carboxylic acids is 1. The summed E-state index contributed by atoms with van der Waals surface area (Å²) in [7, 11) is 0. The molecular formula is C23H25N3O3. The van der Waals surface area contributed by atoms with Gasteiger partial charge in [0.1, 0.15) is 5.92 Å². The first-order valence-corrected chi connectivity index (χ1v) is 10.1. The Bertz CT molecular complexity index is 960. The van der Waals surface area contributed by atoms with E-state index in [0.29, 0.717) is 17.0 Å². The molecule has 2 heterocycles. The van der Waals surface area contributed by atoms with Gasteiger partial charge in [0.2, 0.25) is 5.91 Å². The molecule has 29 heavy (non-hydrogen) atoms. The van der Waals surface area contributed by atoms with Gasteiger partial charge in [-0.05, 0) is 74.3 Å². The number of aromatic carboxylic acids is 1. The summed E-state index contributed by atoms with van der Waals surface area (Å²) in [4.78, 5) is 30.9. The lowest BCUT2D eigenvalue weighted by atomic mass is 9.94. The van der Waals surface area contributed by atoms with E-state index in [-0.39, 0.29) is 11.5 Å². The van der Waals surface area contributed by atoms with Crippen molar-refractivity contribution in [1.82, 2.24) is 4.90 Å². The number of aliphatic imine (C=N–C) groups is 1. The second kappa shape index (κ2) is 8.17. The zero-order valence-electron chi connectivity index (χ0n) is 16.5. The summed E-state index contributed by atoms with van der Waals surface area (Å²) >= 11 is 0. The van der Waals surface area contributed by atoms with Crippen LogP contribution >= 0.6 is 0 Å². The first-order valence-electron chi connectivity index (χ1n) is 10.1. The van der Waals surface area contributed by atoms with E-state index in [2.05, 4.69) is 27.3 Å². The number of carboxylic acid groups (broad SMARTS) is 1. The lowest BCUT2D eigenvalue weighted by Gasteiger charge is -2.26. The number of benzene rings is 2. The Balaban J connectivity index is 1.52. The lowest BCUT2D eigenvalue weighted by molar-refractivity contribution is -0.115. The van der Waals surface area contributed by atoms with Crippen molar-refractivity contribution in [3.05, 3.63) is 59.2 Å². The highest BCUT2D eigenvalue weighted by molar-refractivity contribution is 6.18. The van der Waals surface area contributed by atoms with Crippen molar-refractivity contribution in [2.45, 2.75) is 38.6 Å². The molecule has 6 heteroatoms. The molecular weight excluding hydrogens is 366 g/mol. The monoisotopic (exact) mass is 391 g/mol. The Morgan fingerprint density at radius 2 is 1.86 bits per heavy atom. The van der Waals surface area contributed by atoms with Crippen LogP contribution in [-0.4, -0.2) is 40.7 Å². The van der Waals surface area contributed by atoms with Crippen molar-refractivity contribution in [3.8, 4) is 0 Å². The molecule has 2 aliphatic rings. The quantitative estimate of drug-likeness (QED) is 0.749. The van der Waals surface area contributed by atoms with Gasteiger partial charge < -0.3 is 10.4 Å². The van der Waals surface area contributed by atoms with Gasteiger partial charge in [0.25, 0.3) is 0 Å². The van der Waals surface area contributed by atoms with E-state index in [9.17, 15) is 14.7 Å². The summed E-state index contributed by atoms with van der Waals surface area (Å²) in [5.74, 6) is -1.76. The van der Waals surface area contributed by atoms with Crippen LogP contribution in [0, 0.1) is 0 Å². The normalized spacial score (nSPS) is 19.7. The molecule has 150 valence electrons. The maximum absolute atomic E-state index is 12.5. The topological polar surface area (TPSA) is 82.0 Å². The summed E-state index contributed by atoms with van der Waals surface area (Å²) in [5, 5.41) is 12.1. The molecule has 2 aliphatic heterocycles. The van der Waals surface area contributed by atoms with Gasteiger partial charge in [-0.2, -0.15) is 0 Å². The summed E-state index contributed by atoms with van der Waals surface area (Å²) < 4.78 is 0. The van der Waals surface area contributed by atoms with Gasteiger partial charge in [0.05, 0.1) is 11.3 Å². The molecule has 6 nitrogen and oxygen atoms in total. The number of hydrogen-bond donors (Lipinski definition) is 2. The van der Waals surface area contributed by atoms with Gasteiger partial charge in [-0.15, -0.1) is 0 Å². The number of piperidine rings is 1. The highest BCUT2D eigenvalue weighted by atomic mass is 16.4. The molecule has 0 aromatic heterocycles. The Hall–Kier alpha value is -2.99. The highest BCUT2D eigenvalue weighted by Gasteiger charge is 2.33. The fraction of sp³-hybridized carbons (Fsp3) is 0.348. The minimum Gasteiger partial charge on any atom is -0.478 e. The molecule has 0 radical (unpaired) electrons. The largest absolute Gasteiger partial charge is 0.478 e. The standard InChI is InChI=1S/C23H25N3O3/c1-15(21-19-13-17(23(28)29)7-10-20(19)25-22(21)27)24-18-8-5-16(6-9-18)14-26-11-3-2-4-12-26/h5-10,13,21H,2-4,11-12,14H2,1H3,(H,25,27)(H,28,29). The highest BCUT2D eigenvalue weighted by Crippen LogP contribution is 2.35. The van der Waals surface area contributed by atoms with E-state index < -0.39 is 11.9 Å². The molecule has 1 saturated heterocycles. The van der Waals surface area contributed by atoms with Gasteiger partial charge in [-0.3, -0.25) is 14.7 Å². The number of nitrogens with zero attached hydrogens (tertiary/aromatic N) is 2. The van der Waals surface area contributed by atoms with Crippen LogP contribution in [0.5, 0.6) is 0 Å². The molecule has 2 N–H and O–H groups in total. The molecule has 0 spiro atoms. The number of anilines is 1. The van der Waals surface area contributed by atoms with Crippen LogP contribution in [0.1, 0.15) is 53.6 Å². The maximum Gasteiger partial charge on any atom is 0.335 e. The van der Waals surface area contributed by atoms with Gasteiger partial charge in [0.15, 0.2) is 0 Å². The molecule has 4 rings (SSSR count). The van der Waals surface area contributed by atoms with Crippen LogP contribution in [0.2, 0.25) is 0 Å². The van der Waals surface area contributed by atoms with Crippen LogP contribution in [0.4, 0.5) is 11.4 Å². The molecule has 0 saturated carbocycles. The third-order valence-electron chi connectivity index (χ3n) is 5.64. The number of nitrogens with one attached hydrogen (secondary N) is 1. The molecule has 1 atom stereocenters. The van der Waals surface area contributed by atoms with Gasteiger partial charge in [-0.1, -0.05) is 18.6 Å². The average molecular weight is 391 g/mol. The summed E-state index contributed by atoms with van der Waals surface area (Å²) in [5.41, 5.74) is 4.18. The second-order valence-electron chi connectivity index (χ2n) is 7.79. The Morgan fingerprint density at radius 1 is 1.14 bits per heavy atom. The van der Waals surface area contributed by atoms with Crippen molar-refractivity contribution >= 4 is 29.0 Å². The second-order valence-corrected chi connectivity index (χ2v) is 7.79. The van der Waals surface area contributed by atoms with E-state index in [1.807, 2.05) is 19.1 Å². The molecule has 2 aromatic carbocycles. The Kier molecular flexibility index (Phi) is 5.45. The molecule has 1 unspecified atom stereocenters. The van der Waals surface area contributed by atoms with Gasteiger partial charge in [-0.25, -0.2) is 4.79 Å². The molecule has 1 fully saturated rings. The number of likely N-dealkylation sites (tertiary alicyclic amines) is 1. The molecule has 0 bridgehead atoms. The van der Waals surface area contributed by atoms with Crippen molar-refractivity contribution in [3.63, 3.8) is 0 Å². The predicted octanol–water partition coefficient (Wildman–Crippen LogP) is 4.20. The summed E-state index contributed by atoms with van der Waals surface area (Å²) in [6.45, 7) is 5.09. The SMILES string of the molecule is CC(=Nc1ccc(CN2CCCCC2)cc1)C1C(=O)Nc2ccc(C(=O)O)cc21. The Morgan fingerprint density at radius 3 is 2.55 bits per heavy atom. The summed E-state index contributed by atoms with van der Waals surface area (Å²) in [6, 6.07) is 12.8. The minimum atomic E-state index is -1.01. The smallest absolute Gasteiger partial charge is 0.335 e. The van der Waals surface area contributed by atoms with Crippen molar-refractivity contribution in [2.75, 3.05) is 18.4 Å². The number of fused-ring (bicyclic) bond motifs is 1. The molecule has 0 aliphatic carbocycles. The van der Waals surface area contributed by atoms with Crippen molar-refractivity contribution in [1.29, 1.82) is 0 Å². The van der Waals surface area contributed by atoms with Crippen molar-refractivity contribution < 1.29 is 14.7 Å². The predicted molar refractivity (Wildman–Crippen MR) is 113 cm³/mol. The number of amides is 1. The molecule has 2 aromatic rings. The zero-order chi connectivity index (χ0) is 20.4. The van der Waals surface area contributed by atoms with E-state index in [1.165, 1.54) is 30.9 Å². The fourth-order valence-corrected chi connectivity index (χ4v) is 4.13. The van der Waals surface area contributed by atoms with Gasteiger partial charge >= 0.3 is 5.97 Å². The maximum atomic E-state index is 12.5. The van der Waals surface area contributed by atoms with Crippen LogP contribution in [0.25, 0.3) is 0 Å². The third-order valence-corrected chi connectivity index (χ3v) is 5.64. The van der Waals surface area contributed by atoms with Crippen LogP contribution < -0.4 is 5.32 Å². The van der Waals surface area contributed by atoms with Crippen molar-refractivity contribution in [2.24, 2.45) is 4.99 Å². The van der Waals surface area contributed by atoms with Crippen LogP contribution in [-0.2, 0) is 11.3 Å². The average Bonchev–Trinajstić information content (AvgIpc) is 3.05. The minimum absolute atomic E-state index is 0.167. The summed E-state index contributed by atoms with van der Waals surface area (Å²) in [6.07, 6.45) is 3.88. The van der Waals surface area contributed by atoms with E-state index >= 15 is 0 Å². The van der Waals surface area contributed by atoms with Crippen LogP contribution in [0.3, 0.4) is 0 Å². The molecule has 1 amide bonds. The Labute approximate surface area is 170 Å². The van der Waals surface area contributed by atoms with E-state index in [1.54, 1.807) is 12.1 Å². The number of carboxylic acids is 1. The zero-order valence-corrected chi connectivity index (χ0v) is 16.5. The first-order chi connectivity index (χ1) is 14.0. The van der Waals surface area contributed by atoms with Crippen LogP contribution in [0.15, 0.2) is 47.5 Å². The number of carbonyl (C=O) groups is 2. The van der Waals surface area contributed by atoms with E-state index in [4.69, 9.17) is 0 Å². The third kappa shape index (κ3) is 4.22. The fourth-order valence-electron chi connectivity index (χ4n) is 4.13. The van der Waals surface area contributed by atoms with E-state index in [0.717, 1.165) is 25.3 Å². The van der Waals surface area contributed by atoms with Gasteiger partial charge in [0, 0.05) is 17.9 Å². The number of hydrogen-bond acceptors (Lipinski definition) is 4. The lowest BCUT2D eigenvalue weighted by Crippen LogP contribution is -2.28. The number of rotatable bonds is 5.